The molecular weight excluding hydrogens is 248 g/mol. The van der Waals surface area contributed by atoms with Crippen molar-refractivity contribution >= 4 is 0 Å². The third-order valence-corrected chi connectivity index (χ3v) is 4.07. The number of rotatable bonds is 5. The van der Waals surface area contributed by atoms with E-state index in [0.717, 1.165) is 44.7 Å². The van der Waals surface area contributed by atoms with Gasteiger partial charge in [-0.15, -0.1) is 0 Å². The fourth-order valence-corrected chi connectivity index (χ4v) is 2.95. The average Bonchev–Trinajstić information content (AvgIpc) is 2.62. The minimum Gasteiger partial charge on any atom is -0.493 e. The van der Waals surface area contributed by atoms with Crippen LogP contribution in [0, 0.1) is 6.92 Å². The minimum atomic E-state index is 0.401. The Hall–Kier alpha value is -1.06. The van der Waals surface area contributed by atoms with Crippen LogP contribution in [0.3, 0.4) is 0 Å². The first kappa shape index (κ1) is 15.3. The van der Waals surface area contributed by atoms with Crippen LogP contribution in [-0.2, 0) is 0 Å². The van der Waals surface area contributed by atoms with Crippen molar-refractivity contribution in [1.82, 2.24) is 5.32 Å². The third kappa shape index (κ3) is 3.33. The predicted octanol–water partition coefficient (Wildman–Crippen LogP) is 3.27. The van der Waals surface area contributed by atoms with Crippen molar-refractivity contribution in [3.05, 3.63) is 28.8 Å². The fourth-order valence-electron chi connectivity index (χ4n) is 2.95. The molecule has 1 aromatic carbocycles. The van der Waals surface area contributed by atoms with E-state index >= 15 is 0 Å². The van der Waals surface area contributed by atoms with Gasteiger partial charge in [0.25, 0.3) is 0 Å². The molecule has 3 nitrogen and oxygen atoms in total. The average molecular weight is 276 g/mol. The zero-order chi connectivity index (χ0) is 14.5. The summed E-state index contributed by atoms with van der Waals surface area (Å²) in [6, 6.07) is 4.86. The van der Waals surface area contributed by atoms with Crippen LogP contribution in [0.15, 0.2) is 12.1 Å². The van der Waals surface area contributed by atoms with Gasteiger partial charge in [-0.1, -0.05) is 26.0 Å². The lowest BCUT2D eigenvalue weighted by atomic mass is 9.91. The van der Waals surface area contributed by atoms with Crippen LogP contribution in [0.4, 0.5) is 0 Å². The standard InChI is InChI=1S/C17H28N2O/c1-12(2)14-8-7-13(3)16-15(19-10-5-9-18)6-4-11-20-17(14)16/h7-8,12,15,19H,4-6,9-11,18H2,1-3H3. The highest BCUT2D eigenvalue weighted by molar-refractivity contribution is 5.49. The summed E-state index contributed by atoms with van der Waals surface area (Å²) in [5.41, 5.74) is 9.63. The molecule has 1 atom stereocenters. The minimum absolute atomic E-state index is 0.401. The summed E-state index contributed by atoms with van der Waals surface area (Å²) in [6.45, 7) is 9.20. The predicted molar refractivity (Wildman–Crippen MR) is 84.4 cm³/mol. The first-order valence-electron chi connectivity index (χ1n) is 7.84. The zero-order valence-electron chi connectivity index (χ0n) is 13.0. The SMILES string of the molecule is Cc1ccc(C(C)C)c2c1C(NCCCN)CCCO2. The van der Waals surface area contributed by atoms with Crippen molar-refractivity contribution in [1.29, 1.82) is 0 Å². The topological polar surface area (TPSA) is 47.3 Å². The summed E-state index contributed by atoms with van der Waals surface area (Å²) in [7, 11) is 0. The molecule has 0 amide bonds. The van der Waals surface area contributed by atoms with Gasteiger partial charge < -0.3 is 15.8 Å². The maximum atomic E-state index is 6.09. The zero-order valence-corrected chi connectivity index (χ0v) is 13.0. The van der Waals surface area contributed by atoms with Crippen LogP contribution >= 0.6 is 0 Å². The number of nitrogens with one attached hydrogen (secondary N) is 1. The second-order valence-corrected chi connectivity index (χ2v) is 6.01. The van der Waals surface area contributed by atoms with E-state index in [1.165, 1.54) is 16.7 Å². The fraction of sp³-hybridized carbons (Fsp3) is 0.647. The third-order valence-electron chi connectivity index (χ3n) is 4.07. The monoisotopic (exact) mass is 276 g/mol. The second-order valence-electron chi connectivity index (χ2n) is 6.01. The van der Waals surface area contributed by atoms with E-state index in [4.69, 9.17) is 10.5 Å². The van der Waals surface area contributed by atoms with E-state index in [2.05, 4.69) is 38.2 Å². The Labute approximate surface area is 122 Å². The van der Waals surface area contributed by atoms with Crippen LogP contribution in [0.5, 0.6) is 5.75 Å². The van der Waals surface area contributed by atoms with Gasteiger partial charge in [0.15, 0.2) is 0 Å². The van der Waals surface area contributed by atoms with E-state index in [-0.39, 0.29) is 0 Å². The van der Waals surface area contributed by atoms with Crippen LogP contribution in [0.2, 0.25) is 0 Å². The van der Waals surface area contributed by atoms with Crippen LogP contribution in [-0.4, -0.2) is 19.7 Å². The molecule has 1 aromatic rings. The molecule has 0 saturated carbocycles. The van der Waals surface area contributed by atoms with Gasteiger partial charge in [-0.25, -0.2) is 0 Å². The second kappa shape index (κ2) is 7.09. The Bertz CT molecular complexity index is 443. The Morgan fingerprint density at radius 1 is 1.40 bits per heavy atom. The molecule has 0 saturated heterocycles. The molecule has 1 aliphatic heterocycles. The van der Waals surface area contributed by atoms with Crippen molar-refractivity contribution < 1.29 is 4.74 Å². The summed E-state index contributed by atoms with van der Waals surface area (Å²) in [6.07, 6.45) is 3.27. The Morgan fingerprint density at radius 2 is 2.20 bits per heavy atom. The summed E-state index contributed by atoms with van der Waals surface area (Å²) in [4.78, 5) is 0. The van der Waals surface area contributed by atoms with Crippen molar-refractivity contribution in [2.75, 3.05) is 19.7 Å². The summed E-state index contributed by atoms with van der Waals surface area (Å²) in [5, 5.41) is 3.67. The quantitative estimate of drug-likeness (QED) is 0.811. The lowest BCUT2D eigenvalue weighted by molar-refractivity contribution is 0.311. The molecule has 1 unspecified atom stereocenters. The molecule has 20 heavy (non-hydrogen) atoms. The molecule has 0 bridgehead atoms. The molecule has 1 aliphatic rings. The lowest BCUT2D eigenvalue weighted by Crippen LogP contribution is -2.24. The molecular formula is C17H28N2O. The first-order valence-corrected chi connectivity index (χ1v) is 7.84. The summed E-state index contributed by atoms with van der Waals surface area (Å²) >= 11 is 0. The van der Waals surface area contributed by atoms with E-state index in [1.807, 2.05) is 0 Å². The maximum absolute atomic E-state index is 6.09. The Morgan fingerprint density at radius 3 is 2.90 bits per heavy atom. The number of hydrogen-bond donors (Lipinski definition) is 2. The van der Waals surface area contributed by atoms with Gasteiger partial charge in [-0.05, 0) is 56.3 Å². The van der Waals surface area contributed by atoms with Gasteiger partial charge in [0.1, 0.15) is 5.75 Å². The van der Waals surface area contributed by atoms with Gasteiger partial charge in [-0.2, -0.15) is 0 Å². The van der Waals surface area contributed by atoms with Crippen molar-refractivity contribution in [2.24, 2.45) is 5.73 Å². The normalized spacial score (nSPS) is 18.6. The van der Waals surface area contributed by atoms with Gasteiger partial charge in [0.2, 0.25) is 0 Å². The van der Waals surface area contributed by atoms with E-state index in [1.54, 1.807) is 0 Å². The highest BCUT2D eigenvalue weighted by Crippen LogP contribution is 2.39. The lowest BCUT2D eigenvalue weighted by Gasteiger charge is -2.23. The van der Waals surface area contributed by atoms with Gasteiger partial charge >= 0.3 is 0 Å². The number of hydrogen-bond acceptors (Lipinski definition) is 3. The molecule has 0 aliphatic carbocycles. The first-order chi connectivity index (χ1) is 9.65. The smallest absolute Gasteiger partial charge is 0.127 e. The van der Waals surface area contributed by atoms with Crippen molar-refractivity contribution in [2.45, 2.75) is 52.0 Å². The molecule has 112 valence electrons. The van der Waals surface area contributed by atoms with E-state index in [9.17, 15) is 0 Å². The van der Waals surface area contributed by atoms with Gasteiger partial charge in [-0.3, -0.25) is 0 Å². The number of nitrogens with two attached hydrogens (primary N) is 1. The number of ether oxygens (including phenoxy) is 1. The summed E-state index contributed by atoms with van der Waals surface area (Å²) < 4.78 is 6.09. The van der Waals surface area contributed by atoms with Crippen LogP contribution in [0.25, 0.3) is 0 Å². The number of benzene rings is 1. The van der Waals surface area contributed by atoms with Crippen molar-refractivity contribution in [3.63, 3.8) is 0 Å². The Kier molecular flexibility index (Phi) is 5.44. The molecule has 3 N–H and O–H groups in total. The highest BCUT2D eigenvalue weighted by Gasteiger charge is 2.24. The van der Waals surface area contributed by atoms with E-state index < -0.39 is 0 Å². The molecule has 0 radical (unpaired) electrons. The number of aryl methyl sites for hydroxylation is 1. The molecule has 0 aromatic heterocycles. The molecule has 3 heteroatoms. The van der Waals surface area contributed by atoms with Gasteiger partial charge in [0, 0.05) is 11.6 Å². The molecule has 1 heterocycles. The molecule has 2 rings (SSSR count). The van der Waals surface area contributed by atoms with Crippen molar-refractivity contribution in [3.8, 4) is 5.75 Å². The molecule has 0 spiro atoms. The highest BCUT2D eigenvalue weighted by atomic mass is 16.5. The van der Waals surface area contributed by atoms with Crippen LogP contribution < -0.4 is 15.8 Å². The largest absolute Gasteiger partial charge is 0.493 e. The maximum Gasteiger partial charge on any atom is 0.127 e. The summed E-state index contributed by atoms with van der Waals surface area (Å²) in [5.74, 6) is 1.62. The molecule has 0 fully saturated rings. The Balaban J connectivity index is 2.34. The van der Waals surface area contributed by atoms with Crippen LogP contribution in [0.1, 0.15) is 61.8 Å². The van der Waals surface area contributed by atoms with E-state index in [0.29, 0.717) is 12.0 Å². The number of fused-ring (bicyclic) bond motifs is 1. The van der Waals surface area contributed by atoms with Gasteiger partial charge in [0.05, 0.1) is 6.61 Å².